The average Bonchev–Trinajstić information content (AvgIpc) is 3.37. The van der Waals surface area contributed by atoms with E-state index in [2.05, 4.69) is 22.6 Å². The van der Waals surface area contributed by atoms with Gasteiger partial charge in [0.25, 0.3) is 5.91 Å². The molecule has 1 N–H and O–H groups in total. The summed E-state index contributed by atoms with van der Waals surface area (Å²) < 4.78 is 5.58. The Morgan fingerprint density at radius 2 is 1.85 bits per heavy atom. The highest BCUT2D eigenvalue weighted by Gasteiger charge is 2.32. The fourth-order valence-corrected chi connectivity index (χ4v) is 3.51. The number of hydrogen-bond donors (Lipinski definition) is 1. The second-order valence-electron chi connectivity index (χ2n) is 6.70. The van der Waals surface area contributed by atoms with E-state index in [-0.39, 0.29) is 18.1 Å². The van der Waals surface area contributed by atoms with Gasteiger partial charge in [-0.3, -0.25) is 9.80 Å². The molecule has 4 rings (SSSR count). The maximum atomic E-state index is 12.6. The van der Waals surface area contributed by atoms with E-state index < -0.39 is 0 Å². The fraction of sp³-hybridized carbons (Fsp3) is 0.333. The third-order valence-electron chi connectivity index (χ3n) is 4.89. The number of amides is 1. The average molecular weight is 349 g/mol. The number of carbonyl (C=O) groups is 1. The van der Waals surface area contributed by atoms with E-state index in [4.69, 9.17) is 4.74 Å². The number of anilines is 1. The Hall–Kier alpha value is -2.66. The molecule has 1 saturated heterocycles. The summed E-state index contributed by atoms with van der Waals surface area (Å²) in [5.41, 5.74) is 2.71. The number of benzene rings is 2. The van der Waals surface area contributed by atoms with Crippen LogP contribution in [0, 0.1) is 0 Å². The van der Waals surface area contributed by atoms with Crippen molar-refractivity contribution in [3.63, 3.8) is 0 Å². The number of ether oxygens (including phenoxy) is 1. The van der Waals surface area contributed by atoms with Crippen molar-refractivity contribution in [3.8, 4) is 0 Å². The first-order chi connectivity index (χ1) is 12.8. The fourth-order valence-electron chi connectivity index (χ4n) is 3.51. The molecule has 134 valence electrons. The minimum Gasteiger partial charge on any atom is -0.376 e. The van der Waals surface area contributed by atoms with Gasteiger partial charge >= 0.3 is 0 Å². The van der Waals surface area contributed by atoms with E-state index in [1.54, 1.807) is 0 Å². The molecule has 26 heavy (non-hydrogen) atoms. The monoisotopic (exact) mass is 349 g/mol. The van der Waals surface area contributed by atoms with Crippen LogP contribution in [0.3, 0.4) is 0 Å². The molecule has 2 aliphatic heterocycles. The zero-order chi connectivity index (χ0) is 17.8. The normalized spacial score (nSPS) is 22.3. The predicted octanol–water partition coefficient (Wildman–Crippen LogP) is 3.29. The minimum absolute atomic E-state index is 0.0297. The SMILES string of the molecule is O=C(NCC1CCCO1)C1=NN(c2ccccc2)C(c2ccccc2)C1. The molecule has 1 fully saturated rings. The maximum absolute atomic E-state index is 12.6. The van der Waals surface area contributed by atoms with Crippen molar-refractivity contribution in [2.75, 3.05) is 18.2 Å². The summed E-state index contributed by atoms with van der Waals surface area (Å²) >= 11 is 0. The highest BCUT2D eigenvalue weighted by molar-refractivity contribution is 6.39. The third kappa shape index (κ3) is 3.63. The van der Waals surface area contributed by atoms with Gasteiger partial charge in [-0.25, -0.2) is 0 Å². The lowest BCUT2D eigenvalue weighted by molar-refractivity contribution is -0.115. The first-order valence-electron chi connectivity index (χ1n) is 9.18. The smallest absolute Gasteiger partial charge is 0.267 e. The van der Waals surface area contributed by atoms with Crippen LogP contribution >= 0.6 is 0 Å². The largest absolute Gasteiger partial charge is 0.376 e. The molecule has 2 unspecified atom stereocenters. The molecule has 2 heterocycles. The molecule has 5 heteroatoms. The summed E-state index contributed by atoms with van der Waals surface area (Å²) in [5, 5.41) is 9.60. The van der Waals surface area contributed by atoms with Gasteiger partial charge in [-0.1, -0.05) is 48.5 Å². The maximum Gasteiger partial charge on any atom is 0.267 e. The van der Waals surface area contributed by atoms with Crippen molar-refractivity contribution in [1.82, 2.24) is 5.32 Å². The van der Waals surface area contributed by atoms with E-state index in [9.17, 15) is 4.79 Å². The van der Waals surface area contributed by atoms with Crippen LogP contribution in [0.4, 0.5) is 5.69 Å². The van der Waals surface area contributed by atoms with Gasteiger partial charge in [0.2, 0.25) is 0 Å². The van der Waals surface area contributed by atoms with Crippen LogP contribution in [0.2, 0.25) is 0 Å². The lowest BCUT2D eigenvalue weighted by Crippen LogP contribution is -2.36. The third-order valence-corrected chi connectivity index (χ3v) is 4.89. The van der Waals surface area contributed by atoms with Crippen molar-refractivity contribution in [2.45, 2.75) is 31.4 Å². The van der Waals surface area contributed by atoms with Gasteiger partial charge < -0.3 is 10.1 Å². The summed E-state index contributed by atoms with van der Waals surface area (Å²) in [5.74, 6) is -0.0973. The summed E-state index contributed by atoms with van der Waals surface area (Å²) in [6.45, 7) is 1.35. The molecule has 0 spiro atoms. The highest BCUT2D eigenvalue weighted by atomic mass is 16.5. The molecular formula is C21H23N3O2. The second kappa shape index (κ2) is 7.70. The summed E-state index contributed by atoms with van der Waals surface area (Å²) in [6.07, 6.45) is 2.81. The lowest BCUT2D eigenvalue weighted by Gasteiger charge is -2.23. The number of carbonyl (C=O) groups excluding carboxylic acids is 1. The van der Waals surface area contributed by atoms with Gasteiger partial charge in [0.15, 0.2) is 0 Å². The van der Waals surface area contributed by atoms with Gasteiger partial charge in [-0.2, -0.15) is 5.10 Å². The number of rotatable bonds is 5. The Morgan fingerprint density at radius 1 is 1.12 bits per heavy atom. The number of nitrogens with one attached hydrogen (secondary N) is 1. The van der Waals surface area contributed by atoms with Crippen molar-refractivity contribution in [1.29, 1.82) is 0 Å². The molecule has 2 aromatic carbocycles. The first-order valence-corrected chi connectivity index (χ1v) is 9.18. The van der Waals surface area contributed by atoms with E-state index in [0.717, 1.165) is 30.7 Å². The molecule has 0 aliphatic carbocycles. The van der Waals surface area contributed by atoms with Crippen molar-refractivity contribution in [2.24, 2.45) is 5.10 Å². The highest BCUT2D eigenvalue weighted by Crippen LogP contribution is 2.34. The first kappa shape index (κ1) is 16.8. The molecule has 0 radical (unpaired) electrons. The summed E-state index contributed by atoms with van der Waals surface area (Å²) in [7, 11) is 0. The summed E-state index contributed by atoms with van der Waals surface area (Å²) in [4.78, 5) is 12.6. The Morgan fingerprint density at radius 3 is 2.54 bits per heavy atom. The minimum atomic E-state index is -0.0973. The lowest BCUT2D eigenvalue weighted by atomic mass is 10.0. The van der Waals surface area contributed by atoms with Gasteiger partial charge in [-0.05, 0) is 30.5 Å². The zero-order valence-corrected chi connectivity index (χ0v) is 14.7. The molecule has 2 aromatic rings. The van der Waals surface area contributed by atoms with E-state index in [0.29, 0.717) is 18.7 Å². The zero-order valence-electron chi connectivity index (χ0n) is 14.7. The van der Waals surface area contributed by atoms with Crippen LogP contribution in [0.25, 0.3) is 0 Å². The summed E-state index contributed by atoms with van der Waals surface area (Å²) in [6, 6.07) is 20.2. The van der Waals surface area contributed by atoms with Crippen LogP contribution in [0.5, 0.6) is 0 Å². The molecule has 2 aliphatic rings. The topological polar surface area (TPSA) is 53.9 Å². The van der Waals surface area contributed by atoms with Gasteiger partial charge in [-0.15, -0.1) is 0 Å². The molecule has 5 nitrogen and oxygen atoms in total. The van der Waals surface area contributed by atoms with Crippen molar-refractivity contribution >= 4 is 17.3 Å². The number of nitrogens with zero attached hydrogens (tertiary/aromatic N) is 2. The Labute approximate surface area is 153 Å². The molecule has 1 amide bonds. The van der Waals surface area contributed by atoms with Gasteiger partial charge in [0.05, 0.1) is 17.8 Å². The number of hydrogen-bond acceptors (Lipinski definition) is 4. The van der Waals surface area contributed by atoms with Crippen LogP contribution in [-0.4, -0.2) is 30.9 Å². The predicted molar refractivity (Wildman–Crippen MR) is 102 cm³/mol. The van der Waals surface area contributed by atoms with Gasteiger partial charge in [0, 0.05) is 19.6 Å². The number of hydrazone groups is 1. The Kier molecular flexibility index (Phi) is 4.97. The van der Waals surface area contributed by atoms with Gasteiger partial charge in [0.1, 0.15) is 5.71 Å². The van der Waals surface area contributed by atoms with E-state index >= 15 is 0 Å². The standard InChI is InChI=1S/C21H23N3O2/c25-21(22-15-18-12-7-13-26-18)19-14-20(16-8-3-1-4-9-16)24(23-19)17-10-5-2-6-11-17/h1-6,8-11,18,20H,7,12-15H2,(H,22,25). The van der Waals surface area contributed by atoms with Crippen molar-refractivity contribution < 1.29 is 9.53 Å². The van der Waals surface area contributed by atoms with E-state index in [1.807, 2.05) is 53.5 Å². The Bertz CT molecular complexity index is 770. The van der Waals surface area contributed by atoms with Crippen LogP contribution in [0.15, 0.2) is 65.8 Å². The molecule has 2 atom stereocenters. The van der Waals surface area contributed by atoms with E-state index in [1.165, 1.54) is 0 Å². The second-order valence-corrected chi connectivity index (χ2v) is 6.70. The molecule has 0 saturated carbocycles. The van der Waals surface area contributed by atoms with Crippen LogP contribution in [0.1, 0.15) is 30.9 Å². The van der Waals surface area contributed by atoms with Crippen molar-refractivity contribution in [3.05, 3.63) is 66.2 Å². The van der Waals surface area contributed by atoms with Crippen LogP contribution in [-0.2, 0) is 9.53 Å². The quantitative estimate of drug-likeness (QED) is 0.901. The number of para-hydroxylation sites is 1. The molecule has 0 bridgehead atoms. The molecular weight excluding hydrogens is 326 g/mol. The van der Waals surface area contributed by atoms with Crippen LogP contribution < -0.4 is 10.3 Å². The Balaban J connectivity index is 1.52. The molecule has 0 aromatic heterocycles.